The molecule has 3 rings (SSSR count). The largest absolute Gasteiger partial charge is 0.496 e. The highest BCUT2D eigenvalue weighted by molar-refractivity contribution is 6.33. The van der Waals surface area contributed by atoms with Crippen molar-refractivity contribution in [2.45, 2.75) is 13.0 Å². The van der Waals surface area contributed by atoms with E-state index in [1.54, 1.807) is 19.1 Å². The summed E-state index contributed by atoms with van der Waals surface area (Å²) in [6, 6.07) is 7.83. The quantitative estimate of drug-likeness (QED) is 0.560. The van der Waals surface area contributed by atoms with Crippen LogP contribution in [0.15, 0.2) is 30.3 Å². The van der Waals surface area contributed by atoms with Gasteiger partial charge in [0, 0.05) is 6.07 Å². The third-order valence-corrected chi connectivity index (χ3v) is 4.47. The van der Waals surface area contributed by atoms with Crippen molar-refractivity contribution in [1.29, 1.82) is 0 Å². The third kappa shape index (κ3) is 4.23. The molecule has 1 aliphatic rings. The van der Waals surface area contributed by atoms with Crippen molar-refractivity contribution in [3.63, 3.8) is 0 Å². The second kappa shape index (κ2) is 8.26. The Kier molecular flexibility index (Phi) is 5.79. The lowest BCUT2D eigenvalue weighted by atomic mass is 10.1. The molecule has 0 aliphatic carbocycles. The van der Waals surface area contributed by atoms with Crippen LogP contribution in [0.5, 0.6) is 17.2 Å². The molecule has 0 fully saturated rings. The second-order valence-electron chi connectivity index (χ2n) is 6.05. The molecule has 1 atom stereocenters. The molecule has 1 heterocycles. The summed E-state index contributed by atoms with van der Waals surface area (Å²) in [5.41, 5.74) is 6.87. The van der Waals surface area contributed by atoms with E-state index in [1.807, 2.05) is 6.07 Å². The molecule has 2 aromatic carbocycles. The predicted molar refractivity (Wildman–Crippen MR) is 102 cm³/mol. The number of benzene rings is 2. The Balaban J connectivity index is 1.58. The first-order valence-corrected chi connectivity index (χ1v) is 8.76. The van der Waals surface area contributed by atoms with Crippen molar-refractivity contribution in [3.8, 4) is 17.2 Å². The average Bonchev–Trinajstić information content (AvgIpc) is 3.15. The molecule has 28 heavy (non-hydrogen) atoms. The fourth-order valence-corrected chi connectivity index (χ4v) is 2.82. The molecule has 0 spiro atoms. The molecule has 0 saturated heterocycles. The van der Waals surface area contributed by atoms with Gasteiger partial charge in [-0.25, -0.2) is 4.79 Å². The molecule has 0 aromatic heterocycles. The number of nitrogens with two attached hydrogens (primary N) is 1. The molecule has 1 aliphatic heterocycles. The molecular formula is C19H19ClN2O6. The van der Waals surface area contributed by atoms with Crippen molar-refractivity contribution in [2.75, 3.05) is 26.2 Å². The zero-order valence-corrected chi connectivity index (χ0v) is 16.0. The van der Waals surface area contributed by atoms with Crippen LogP contribution in [0, 0.1) is 0 Å². The van der Waals surface area contributed by atoms with Crippen LogP contribution in [-0.4, -0.2) is 32.4 Å². The number of carbonyl (C=O) groups excluding carboxylic acids is 2. The van der Waals surface area contributed by atoms with Crippen molar-refractivity contribution < 1.29 is 28.5 Å². The topological polar surface area (TPSA) is 109 Å². The van der Waals surface area contributed by atoms with E-state index < -0.39 is 18.5 Å². The van der Waals surface area contributed by atoms with Crippen LogP contribution in [0.1, 0.15) is 28.9 Å². The number of halogens is 1. The van der Waals surface area contributed by atoms with E-state index in [0.717, 1.165) is 5.56 Å². The van der Waals surface area contributed by atoms with E-state index in [4.69, 9.17) is 36.3 Å². The summed E-state index contributed by atoms with van der Waals surface area (Å²) >= 11 is 5.94. The fourth-order valence-electron chi connectivity index (χ4n) is 2.66. The van der Waals surface area contributed by atoms with Crippen LogP contribution in [0.4, 0.5) is 5.69 Å². The van der Waals surface area contributed by atoms with Crippen molar-refractivity contribution in [3.05, 3.63) is 46.5 Å². The van der Waals surface area contributed by atoms with Gasteiger partial charge < -0.3 is 30.0 Å². The normalized spacial score (nSPS) is 13.0. The molecule has 3 N–H and O–H groups in total. The molecule has 0 radical (unpaired) electrons. The SMILES string of the molecule is COc1cc(N)c(Cl)cc1C(=O)OCC(=O)NC(C)c1ccc2c(c1)OCO2. The minimum absolute atomic E-state index is 0.0818. The van der Waals surface area contributed by atoms with Gasteiger partial charge in [-0.15, -0.1) is 0 Å². The number of rotatable bonds is 6. The fraction of sp³-hybridized carbons (Fsp3) is 0.263. The molecule has 1 amide bonds. The van der Waals surface area contributed by atoms with Gasteiger partial charge in [0.1, 0.15) is 11.3 Å². The van der Waals surface area contributed by atoms with Gasteiger partial charge in [0.25, 0.3) is 5.91 Å². The number of nitrogens with one attached hydrogen (secondary N) is 1. The summed E-state index contributed by atoms with van der Waals surface area (Å²) in [5.74, 6) is 0.286. The number of hydrogen-bond donors (Lipinski definition) is 2. The first kappa shape index (κ1) is 19.6. The Morgan fingerprint density at radius 1 is 1.25 bits per heavy atom. The molecule has 2 aromatic rings. The van der Waals surface area contributed by atoms with E-state index in [9.17, 15) is 9.59 Å². The molecule has 9 heteroatoms. The highest BCUT2D eigenvalue weighted by atomic mass is 35.5. The lowest BCUT2D eigenvalue weighted by Gasteiger charge is -2.15. The standard InChI is InChI=1S/C19H19ClN2O6/c1-10(11-3-4-15-17(5-11)28-9-27-15)22-18(23)8-26-19(24)12-6-13(20)14(21)7-16(12)25-2/h3-7,10H,8-9,21H2,1-2H3,(H,22,23). The Morgan fingerprint density at radius 2 is 2.00 bits per heavy atom. The molecular weight excluding hydrogens is 388 g/mol. The van der Waals surface area contributed by atoms with Gasteiger partial charge >= 0.3 is 5.97 Å². The predicted octanol–water partition coefficient (Wildman–Crippen LogP) is 2.69. The summed E-state index contributed by atoms with van der Waals surface area (Å²) in [5, 5.41) is 2.94. The van der Waals surface area contributed by atoms with Crippen molar-refractivity contribution >= 4 is 29.2 Å². The first-order chi connectivity index (χ1) is 13.4. The summed E-state index contributed by atoms with van der Waals surface area (Å²) in [6.07, 6.45) is 0. The van der Waals surface area contributed by atoms with E-state index in [0.29, 0.717) is 11.5 Å². The van der Waals surface area contributed by atoms with E-state index >= 15 is 0 Å². The van der Waals surface area contributed by atoms with Gasteiger partial charge in [0.05, 0.1) is 23.9 Å². The summed E-state index contributed by atoms with van der Waals surface area (Å²) in [7, 11) is 1.39. The smallest absolute Gasteiger partial charge is 0.342 e. The van der Waals surface area contributed by atoms with Gasteiger partial charge in [-0.05, 0) is 30.7 Å². The summed E-state index contributed by atoms with van der Waals surface area (Å²) in [6.45, 7) is 1.52. The van der Waals surface area contributed by atoms with E-state index in [1.165, 1.54) is 19.2 Å². The minimum Gasteiger partial charge on any atom is -0.496 e. The number of amides is 1. The van der Waals surface area contributed by atoms with E-state index in [-0.39, 0.29) is 34.9 Å². The van der Waals surface area contributed by atoms with Crippen LogP contribution in [0.3, 0.4) is 0 Å². The van der Waals surface area contributed by atoms with Gasteiger partial charge in [0.15, 0.2) is 18.1 Å². The highest BCUT2D eigenvalue weighted by Gasteiger charge is 2.20. The van der Waals surface area contributed by atoms with Crippen molar-refractivity contribution in [1.82, 2.24) is 5.32 Å². The third-order valence-electron chi connectivity index (χ3n) is 4.15. The Hall–Kier alpha value is -3.13. The number of hydrogen-bond acceptors (Lipinski definition) is 7. The Morgan fingerprint density at radius 3 is 2.75 bits per heavy atom. The maximum atomic E-state index is 12.3. The maximum Gasteiger partial charge on any atom is 0.342 e. The first-order valence-electron chi connectivity index (χ1n) is 8.38. The number of fused-ring (bicyclic) bond motifs is 1. The van der Waals surface area contributed by atoms with Crippen LogP contribution < -0.4 is 25.3 Å². The zero-order chi connectivity index (χ0) is 20.3. The number of ether oxygens (including phenoxy) is 4. The number of methoxy groups -OCH3 is 1. The highest BCUT2D eigenvalue weighted by Crippen LogP contribution is 2.34. The summed E-state index contributed by atoms with van der Waals surface area (Å²) in [4.78, 5) is 24.4. The molecule has 8 nitrogen and oxygen atoms in total. The van der Waals surface area contributed by atoms with Gasteiger partial charge in [-0.1, -0.05) is 17.7 Å². The monoisotopic (exact) mass is 406 g/mol. The molecule has 0 bridgehead atoms. The Labute approximate surface area is 166 Å². The van der Waals surface area contributed by atoms with Crippen LogP contribution in [-0.2, 0) is 9.53 Å². The van der Waals surface area contributed by atoms with Crippen molar-refractivity contribution in [2.24, 2.45) is 0 Å². The number of esters is 1. The lowest BCUT2D eigenvalue weighted by Crippen LogP contribution is -2.31. The maximum absolute atomic E-state index is 12.3. The van der Waals surface area contributed by atoms with Crippen LogP contribution in [0.25, 0.3) is 0 Å². The number of carbonyl (C=O) groups is 2. The molecule has 1 unspecified atom stereocenters. The molecule has 148 valence electrons. The Bertz CT molecular complexity index is 918. The van der Waals surface area contributed by atoms with Gasteiger partial charge in [0.2, 0.25) is 6.79 Å². The second-order valence-corrected chi connectivity index (χ2v) is 6.46. The number of anilines is 1. The van der Waals surface area contributed by atoms with E-state index in [2.05, 4.69) is 5.32 Å². The summed E-state index contributed by atoms with van der Waals surface area (Å²) < 4.78 is 20.8. The lowest BCUT2D eigenvalue weighted by molar-refractivity contribution is -0.124. The molecule has 0 saturated carbocycles. The van der Waals surface area contributed by atoms with Crippen LogP contribution in [0.2, 0.25) is 5.02 Å². The minimum atomic E-state index is -0.746. The van der Waals surface area contributed by atoms with Gasteiger partial charge in [-0.2, -0.15) is 0 Å². The van der Waals surface area contributed by atoms with Crippen LogP contribution >= 0.6 is 11.6 Å². The zero-order valence-electron chi connectivity index (χ0n) is 15.3. The van der Waals surface area contributed by atoms with Gasteiger partial charge in [-0.3, -0.25) is 4.79 Å². The average molecular weight is 407 g/mol. The number of nitrogen functional groups attached to an aromatic ring is 1.